The molecule has 0 amide bonds. The smallest absolute Gasteiger partial charge is 0.306 e. The van der Waals surface area contributed by atoms with Crippen molar-refractivity contribution in [1.29, 1.82) is 0 Å². The molecule has 1 aromatic heterocycles. The predicted octanol–water partition coefficient (Wildman–Crippen LogP) is 0.535. The molecule has 0 saturated carbocycles. The van der Waals surface area contributed by atoms with Crippen molar-refractivity contribution >= 4 is 10.9 Å². The third-order valence-electron chi connectivity index (χ3n) is 2.34. The maximum absolute atomic E-state index is 11.6. The minimum Gasteiger partial charge on any atom is -0.306 e. The lowest BCUT2D eigenvalue weighted by Gasteiger charge is -2.02. The van der Waals surface area contributed by atoms with Crippen molar-refractivity contribution in [3.05, 3.63) is 44.6 Å². The topological polar surface area (TPSA) is 54.9 Å². The number of aromatic amines is 1. The Labute approximate surface area is 79.8 Å². The van der Waals surface area contributed by atoms with Crippen LogP contribution in [0.5, 0.6) is 0 Å². The van der Waals surface area contributed by atoms with Gasteiger partial charge in [0.1, 0.15) is 0 Å². The number of aryl methyl sites for hydroxylation is 1. The zero-order valence-electron chi connectivity index (χ0n) is 8.00. The van der Waals surface area contributed by atoms with Gasteiger partial charge in [0.05, 0.1) is 10.9 Å². The highest BCUT2D eigenvalue weighted by atomic mass is 16.2. The molecule has 1 heterocycles. The molecule has 14 heavy (non-hydrogen) atoms. The van der Waals surface area contributed by atoms with E-state index in [9.17, 15) is 9.59 Å². The molecule has 1 aromatic carbocycles. The van der Waals surface area contributed by atoms with Crippen LogP contribution in [0, 0.1) is 6.92 Å². The third kappa shape index (κ3) is 1.08. The summed E-state index contributed by atoms with van der Waals surface area (Å²) in [6.45, 7) is 1.86. The number of hydrogen-bond donors (Lipinski definition) is 1. The van der Waals surface area contributed by atoms with Crippen molar-refractivity contribution in [2.45, 2.75) is 6.92 Å². The van der Waals surface area contributed by atoms with Crippen LogP contribution in [0.15, 0.2) is 27.8 Å². The van der Waals surface area contributed by atoms with Gasteiger partial charge in [0.2, 0.25) is 0 Å². The Kier molecular flexibility index (Phi) is 1.77. The molecule has 0 unspecified atom stereocenters. The van der Waals surface area contributed by atoms with E-state index in [1.807, 2.05) is 13.0 Å². The van der Waals surface area contributed by atoms with Gasteiger partial charge >= 0.3 is 5.69 Å². The van der Waals surface area contributed by atoms with Crippen LogP contribution in [0.2, 0.25) is 0 Å². The van der Waals surface area contributed by atoms with Crippen molar-refractivity contribution in [3.63, 3.8) is 0 Å². The quantitative estimate of drug-likeness (QED) is 0.659. The summed E-state index contributed by atoms with van der Waals surface area (Å²) in [5.41, 5.74) is 0.891. The predicted molar refractivity (Wildman–Crippen MR) is 54.5 cm³/mol. The highest BCUT2D eigenvalue weighted by Gasteiger charge is 2.04. The van der Waals surface area contributed by atoms with Gasteiger partial charge in [-0.25, -0.2) is 4.79 Å². The first-order chi connectivity index (χ1) is 6.61. The summed E-state index contributed by atoms with van der Waals surface area (Å²) in [4.78, 5) is 25.6. The average Bonchev–Trinajstić information content (AvgIpc) is 2.17. The van der Waals surface area contributed by atoms with Crippen LogP contribution in [0.4, 0.5) is 0 Å². The van der Waals surface area contributed by atoms with Gasteiger partial charge in [0, 0.05) is 7.05 Å². The molecule has 0 spiro atoms. The largest absolute Gasteiger partial charge is 0.328 e. The van der Waals surface area contributed by atoms with Crippen LogP contribution in [0.25, 0.3) is 10.9 Å². The summed E-state index contributed by atoms with van der Waals surface area (Å²) in [5.74, 6) is 0. The number of benzene rings is 1. The zero-order chi connectivity index (χ0) is 10.3. The fourth-order valence-electron chi connectivity index (χ4n) is 1.48. The molecule has 4 heteroatoms. The number of hydrogen-bond acceptors (Lipinski definition) is 2. The molecule has 0 saturated heterocycles. The summed E-state index contributed by atoms with van der Waals surface area (Å²) in [7, 11) is 1.46. The van der Waals surface area contributed by atoms with Gasteiger partial charge in [0.25, 0.3) is 5.56 Å². The lowest BCUT2D eigenvalue weighted by molar-refractivity contribution is 0.793. The molecular formula is C10H10N2O2. The lowest BCUT2D eigenvalue weighted by Crippen LogP contribution is -2.32. The maximum Gasteiger partial charge on any atom is 0.328 e. The van der Waals surface area contributed by atoms with Crippen molar-refractivity contribution < 1.29 is 0 Å². The maximum atomic E-state index is 11.6. The average molecular weight is 190 g/mol. The van der Waals surface area contributed by atoms with Gasteiger partial charge in [-0.15, -0.1) is 0 Å². The van der Waals surface area contributed by atoms with Crippen LogP contribution in [-0.2, 0) is 7.05 Å². The molecule has 0 radical (unpaired) electrons. The van der Waals surface area contributed by atoms with Crippen LogP contribution in [0.3, 0.4) is 0 Å². The Hall–Kier alpha value is -1.84. The van der Waals surface area contributed by atoms with E-state index in [1.165, 1.54) is 7.05 Å². The first-order valence-corrected chi connectivity index (χ1v) is 4.30. The number of fused-ring (bicyclic) bond motifs is 1. The van der Waals surface area contributed by atoms with Gasteiger partial charge in [-0.2, -0.15) is 0 Å². The second-order valence-electron chi connectivity index (χ2n) is 3.29. The Morgan fingerprint density at radius 1 is 1.29 bits per heavy atom. The lowest BCUT2D eigenvalue weighted by atomic mass is 10.1. The molecule has 0 atom stereocenters. The molecule has 0 aliphatic carbocycles. The monoisotopic (exact) mass is 190 g/mol. The molecule has 2 rings (SSSR count). The summed E-state index contributed by atoms with van der Waals surface area (Å²) >= 11 is 0. The molecule has 0 fully saturated rings. The highest BCUT2D eigenvalue weighted by molar-refractivity contribution is 5.80. The van der Waals surface area contributed by atoms with Crippen molar-refractivity contribution in [2.75, 3.05) is 0 Å². The van der Waals surface area contributed by atoms with Crippen LogP contribution in [-0.4, -0.2) is 9.55 Å². The summed E-state index contributed by atoms with van der Waals surface area (Å²) in [6, 6.07) is 5.37. The second-order valence-corrected chi connectivity index (χ2v) is 3.29. The minimum absolute atomic E-state index is 0.257. The Morgan fingerprint density at radius 2 is 2.00 bits per heavy atom. The number of nitrogens with zero attached hydrogens (tertiary/aromatic N) is 1. The summed E-state index contributed by atoms with van der Waals surface area (Å²) < 4.78 is 1.07. The molecule has 1 N–H and O–H groups in total. The van der Waals surface area contributed by atoms with E-state index in [1.54, 1.807) is 12.1 Å². The Bertz CT molecular complexity index is 608. The van der Waals surface area contributed by atoms with E-state index >= 15 is 0 Å². The third-order valence-corrected chi connectivity index (χ3v) is 2.34. The molecule has 0 aliphatic rings. The van der Waals surface area contributed by atoms with Gasteiger partial charge in [-0.05, 0) is 18.6 Å². The van der Waals surface area contributed by atoms with Crippen molar-refractivity contribution in [3.8, 4) is 0 Å². The van der Waals surface area contributed by atoms with Crippen LogP contribution >= 0.6 is 0 Å². The first-order valence-electron chi connectivity index (χ1n) is 4.30. The minimum atomic E-state index is -0.378. The Morgan fingerprint density at radius 3 is 2.71 bits per heavy atom. The molecule has 0 aliphatic heterocycles. The molecule has 2 aromatic rings. The number of aromatic nitrogens is 2. The first kappa shape index (κ1) is 8.74. The van der Waals surface area contributed by atoms with Crippen LogP contribution < -0.4 is 11.2 Å². The van der Waals surface area contributed by atoms with Gasteiger partial charge < -0.3 is 4.98 Å². The van der Waals surface area contributed by atoms with E-state index in [-0.39, 0.29) is 11.2 Å². The van der Waals surface area contributed by atoms with Gasteiger partial charge in [0.15, 0.2) is 0 Å². The standard InChI is InChI=1S/C10H10N2O2/c1-6-4-3-5-7-8(6)11-10(14)12(2)9(7)13/h3-5H,1-2H3,(H,11,14). The zero-order valence-corrected chi connectivity index (χ0v) is 8.00. The SMILES string of the molecule is Cc1cccc2c(=O)n(C)c(=O)[nH]c12. The molecule has 72 valence electrons. The number of nitrogens with one attached hydrogen (secondary N) is 1. The highest BCUT2D eigenvalue weighted by Crippen LogP contribution is 2.09. The number of H-pyrrole nitrogens is 1. The molecule has 0 bridgehead atoms. The summed E-state index contributed by atoms with van der Waals surface area (Å²) in [5, 5.41) is 0.548. The van der Waals surface area contributed by atoms with E-state index < -0.39 is 0 Å². The van der Waals surface area contributed by atoms with E-state index in [0.29, 0.717) is 10.9 Å². The van der Waals surface area contributed by atoms with Crippen molar-refractivity contribution in [2.24, 2.45) is 7.05 Å². The van der Waals surface area contributed by atoms with Gasteiger partial charge in [-0.3, -0.25) is 9.36 Å². The molecule has 4 nitrogen and oxygen atoms in total. The fourth-order valence-corrected chi connectivity index (χ4v) is 1.48. The number of para-hydroxylation sites is 1. The summed E-state index contributed by atoms with van der Waals surface area (Å²) in [6.07, 6.45) is 0. The van der Waals surface area contributed by atoms with E-state index in [0.717, 1.165) is 10.1 Å². The fraction of sp³-hybridized carbons (Fsp3) is 0.200. The molecular weight excluding hydrogens is 180 g/mol. The second kappa shape index (κ2) is 2.83. The van der Waals surface area contributed by atoms with E-state index in [2.05, 4.69) is 4.98 Å². The number of rotatable bonds is 0. The normalized spacial score (nSPS) is 10.7. The van der Waals surface area contributed by atoms with E-state index in [4.69, 9.17) is 0 Å². The van der Waals surface area contributed by atoms with Gasteiger partial charge in [-0.1, -0.05) is 12.1 Å². The van der Waals surface area contributed by atoms with Crippen LogP contribution in [0.1, 0.15) is 5.56 Å². The van der Waals surface area contributed by atoms with Crippen molar-refractivity contribution in [1.82, 2.24) is 9.55 Å². The Balaban J connectivity index is 3.14.